The van der Waals surface area contributed by atoms with Crippen molar-refractivity contribution in [2.45, 2.75) is 24.0 Å². The van der Waals surface area contributed by atoms with Crippen LogP contribution in [0.15, 0.2) is 58.6 Å². The average Bonchev–Trinajstić information content (AvgIpc) is 2.67. The fraction of sp³-hybridized carbons (Fsp3) is 0.150. The molecule has 146 valence electrons. The summed E-state index contributed by atoms with van der Waals surface area (Å²) in [5.41, 5.74) is 0.318. The minimum atomic E-state index is -4.57. The summed E-state index contributed by atoms with van der Waals surface area (Å²) in [5.74, 6) is 0. The number of halogens is 3. The lowest BCUT2D eigenvalue weighted by atomic mass is 9.94. The summed E-state index contributed by atoms with van der Waals surface area (Å²) in [6, 6.07) is 11.4. The number of thiol groups is 1. The highest BCUT2D eigenvalue weighted by Crippen LogP contribution is 2.37. The first-order chi connectivity index (χ1) is 13.7. The fourth-order valence-electron chi connectivity index (χ4n) is 3.11. The Labute approximate surface area is 170 Å². The molecule has 0 aliphatic carbocycles. The molecule has 9 heteroatoms. The molecule has 1 aliphatic heterocycles. The van der Waals surface area contributed by atoms with Crippen molar-refractivity contribution in [3.63, 3.8) is 0 Å². The second-order valence-corrected chi connectivity index (χ2v) is 6.74. The minimum Gasteiger partial charge on any atom is -0.326 e. The highest BCUT2D eigenvalue weighted by atomic mass is 32.1. The van der Waals surface area contributed by atoms with Gasteiger partial charge in [-0.3, -0.25) is 4.90 Å². The van der Waals surface area contributed by atoms with E-state index in [1.54, 1.807) is 6.07 Å². The van der Waals surface area contributed by atoms with Crippen LogP contribution in [0.1, 0.15) is 29.7 Å². The summed E-state index contributed by atoms with van der Waals surface area (Å²) in [7, 11) is 0. The van der Waals surface area contributed by atoms with Gasteiger partial charge in [0.1, 0.15) is 0 Å². The molecule has 29 heavy (non-hydrogen) atoms. The van der Waals surface area contributed by atoms with Crippen LogP contribution in [0.3, 0.4) is 0 Å². The molecule has 0 saturated heterocycles. The summed E-state index contributed by atoms with van der Waals surface area (Å²) in [5, 5.41) is 21.3. The molecular formula is C20H13F3N4OS. The van der Waals surface area contributed by atoms with Crippen molar-refractivity contribution in [1.29, 1.82) is 10.5 Å². The third-order valence-electron chi connectivity index (χ3n) is 4.51. The van der Waals surface area contributed by atoms with Crippen LogP contribution in [0.5, 0.6) is 0 Å². The van der Waals surface area contributed by atoms with Gasteiger partial charge >= 0.3 is 12.2 Å². The first kappa shape index (κ1) is 20.3. The van der Waals surface area contributed by atoms with E-state index in [4.69, 9.17) is 5.26 Å². The number of carbonyl (C=O) groups is 1. The van der Waals surface area contributed by atoms with Crippen molar-refractivity contribution in [2.24, 2.45) is 0 Å². The Bertz CT molecular complexity index is 1110. The van der Waals surface area contributed by atoms with Crippen molar-refractivity contribution in [2.75, 3.05) is 4.90 Å². The molecule has 1 atom stereocenters. The van der Waals surface area contributed by atoms with Crippen molar-refractivity contribution in [3.8, 4) is 12.1 Å². The number of nitriles is 2. The predicted molar refractivity (Wildman–Crippen MR) is 102 cm³/mol. The first-order valence-corrected chi connectivity index (χ1v) is 8.74. The number of carbonyl (C=O) groups excluding carboxylic acids is 1. The largest absolute Gasteiger partial charge is 0.416 e. The van der Waals surface area contributed by atoms with Crippen LogP contribution in [-0.2, 0) is 6.18 Å². The molecule has 2 aromatic carbocycles. The van der Waals surface area contributed by atoms with Crippen LogP contribution >= 0.6 is 12.6 Å². The van der Waals surface area contributed by atoms with Crippen LogP contribution in [0, 0.1) is 22.7 Å². The van der Waals surface area contributed by atoms with Crippen LogP contribution in [0.2, 0.25) is 0 Å². The fourth-order valence-corrected chi connectivity index (χ4v) is 3.45. The highest BCUT2D eigenvalue weighted by molar-refractivity contribution is 7.80. The van der Waals surface area contributed by atoms with Crippen LogP contribution < -0.4 is 10.2 Å². The maximum atomic E-state index is 13.0. The number of nitrogens with zero attached hydrogens (tertiary/aromatic N) is 3. The maximum absolute atomic E-state index is 13.0. The van der Waals surface area contributed by atoms with E-state index in [1.807, 2.05) is 12.1 Å². The van der Waals surface area contributed by atoms with Gasteiger partial charge in [-0.05, 0) is 42.8 Å². The van der Waals surface area contributed by atoms with E-state index in [2.05, 4.69) is 17.9 Å². The Kier molecular flexibility index (Phi) is 5.27. The molecule has 0 spiro atoms. The number of benzene rings is 2. The zero-order valence-corrected chi connectivity index (χ0v) is 15.8. The molecule has 2 aromatic rings. The van der Waals surface area contributed by atoms with Gasteiger partial charge in [0, 0.05) is 10.6 Å². The number of hydrogen-bond acceptors (Lipinski definition) is 4. The Morgan fingerprint density at radius 1 is 1.14 bits per heavy atom. The Morgan fingerprint density at radius 2 is 1.86 bits per heavy atom. The van der Waals surface area contributed by atoms with E-state index in [9.17, 15) is 23.2 Å². The summed E-state index contributed by atoms with van der Waals surface area (Å²) in [6.45, 7) is 1.49. The minimum absolute atomic E-state index is 0.00745. The third kappa shape index (κ3) is 3.78. The van der Waals surface area contributed by atoms with Gasteiger partial charge in [0.05, 0.1) is 40.6 Å². The molecule has 1 aliphatic rings. The van der Waals surface area contributed by atoms with Gasteiger partial charge in [0.15, 0.2) is 0 Å². The van der Waals surface area contributed by atoms with Crippen LogP contribution in [-0.4, -0.2) is 6.03 Å². The quantitative estimate of drug-likeness (QED) is 0.684. The van der Waals surface area contributed by atoms with E-state index < -0.39 is 23.8 Å². The summed E-state index contributed by atoms with van der Waals surface area (Å²) in [6.07, 6.45) is -4.57. The normalized spacial score (nSPS) is 16.9. The van der Waals surface area contributed by atoms with Crippen LogP contribution in [0.25, 0.3) is 0 Å². The number of alkyl halides is 3. The third-order valence-corrected chi connectivity index (χ3v) is 4.89. The lowest BCUT2D eigenvalue weighted by molar-refractivity contribution is -0.137. The van der Waals surface area contributed by atoms with Crippen LogP contribution in [0.4, 0.5) is 23.7 Å². The van der Waals surface area contributed by atoms with Crippen molar-refractivity contribution in [1.82, 2.24) is 5.32 Å². The molecule has 0 aromatic heterocycles. The van der Waals surface area contributed by atoms with E-state index in [0.717, 1.165) is 17.0 Å². The molecule has 0 bridgehead atoms. The van der Waals surface area contributed by atoms with Gasteiger partial charge in [-0.25, -0.2) is 4.79 Å². The zero-order chi connectivity index (χ0) is 21.3. The van der Waals surface area contributed by atoms with Gasteiger partial charge in [0.25, 0.3) is 0 Å². The summed E-state index contributed by atoms with van der Waals surface area (Å²) < 4.78 is 39.1. The van der Waals surface area contributed by atoms with Gasteiger partial charge in [0.2, 0.25) is 0 Å². The van der Waals surface area contributed by atoms with Gasteiger partial charge in [-0.1, -0.05) is 12.1 Å². The number of urea groups is 1. The molecule has 5 nitrogen and oxygen atoms in total. The SMILES string of the molecule is CC1=C(C#N)[C@@H](c2ccc(C#N)cc2S)NC(=O)N1c1cccc(C(F)(F)F)c1. The Hall–Kier alpha value is -3.43. The standard InChI is InChI=1S/C20H13F3N4OS/c1-11-16(10-25)18(15-6-5-12(9-24)7-17(15)29)26-19(28)27(11)14-4-2-3-13(8-14)20(21,22)23/h2-8,18,29H,1H3,(H,26,28)/t18-/m1/s1. The molecule has 0 unspecified atom stereocenters. The topological polar surface area (TPSA) is 79.9 Å². The molecule has 1 N–H and O–H groups in total. The van der Waals surface area contributed by atoms with Crippen molar-refractivity contribution >= 4 is 24.3 Å². The number of amides is 2. The monoisotopic (exact) mass is 414 g/mol. The number of hydrogen-bond donors (Lipinski definition) is 2. The van der Waals surface area contributed by atoms with E-state index in [-0.39, 0.29) is 17.0 Å². The second kappa shape index (κ2) is 7.53. The Balaban J connectivity index is 2.10. The molecule has 0 fully saturated rings. The summed E-state index contributed by atoms with van der Waals surface area (Å²) >= 11 is 4.33. The predicted octanol–water partition coefficient (Wildman–Crippen LogP) is 4.93. The first-order valence-electron chi connectivity index (χ1n) is 8.29. The van der Waals surface area contributed by atoms with Crippen molar-refractivity contribution < 1.29 is 18.0 Å². The van der Waals surface area contributed by atoms with E-state index in [1.165, 1.54) is 31.2 Å². The number of nitrogens with one attached hydrogen (secondary N) is 1. The molecule has 2 amide bonds. The van der Waals surface area contributed by atoms with Gasteiger partial charge in [-0.2, -0.15) is 23.7 Å². The van der Waals surface area contributed by atoms with Gasteiger partial charge < -0.3 is 5.32 Å². The summed E-state index contributed by atoms with van der Waals surface area (Å²) in [4.78, 5) is 14.2. The number of allylic oxidation sites excluding steroid dienone is 1. The molecule has 1 heterocycles. The zero-order valence-electron chi connectivity index (χ0n) is 14.9. The van der Waals surface area contributed by atoms with E-state index >= 15 is 0 Å². The molecule has 3 rings (SSSR count). The second-order valence-electron chi connectivity index (χ2n) is 6.26. The lowest BCUT2D eigenvalue weighted by Crippen LogP contribution is -2.46. The number of anilines is 1. The molecule has 0 saturated carbocycles. The van der Waals surface area contributed by atoms with Crippen molar-refractivity contribution in [3.05, 3.63) is 70.4 Å². The average molecular weight is 414 g/mol. The number of rotatable bonds is 2. The smallest absolute Gasteiger partial charge is 0.326 e. The molecule has 0 radical (unpaired) electrons. The van der Waals surface area contributed by atoms with Gasteiger partial charge in [-0.15, -0.1) is 12.6 Å². The Morgan fingerprint density at radius 3 is 2.45 bits per heavy atom. The highest BCUT2D eigenvalue weighted by Gasteiger charge is 2.36. The molecular weight excluding hydrogens is 401 g/mol. The maximum Gasteiger partial charge on any atom is 0.416 e. The van der Waals surface area contributed by atoms with E-state index in [0.29, 0.717) is 16.0 Å². The lowest BCUT2D eigenvalue weighted by Gasteiger charge is -2.34.